The number of anilines is 1. The van der Waals surface area contributed by atoms with E-state index in [0.717, 1.165) is 0 Å². The molecule has 0 aromatic carbocycles. The van der Waals surface area contributed by atoms with Crippen LogP contribution in [0.15, 0.2) is 10.9 Å². The lowest BCUT2D eigenvalue weighted by Gasteiger charge is -2.12. The number of nitrogens with zero attached hydrogens (tertiary/aromatic N) is 2. The summed E-state index contributed by atoms with van der Waals surface area (Å²) in [6.45, 7) is 1.65. The van der Waals surface area contributed by atoms with E-state index in [1.165, 1.54) is 11.0 Å². The number of Topliss-reactive ketones (excluding diaryl/α,β-unsaturated/α-hetero) is 1. The number of carbonyl (C=O) groups is 2. The third kappa shape index (κ3) is 1.78. The van der Waals surface area contributed by atoms with Gasteiger partial charge >= 0.3 is 0 Å². The Labute approximate surface area is 84.9 Å². The number of aryl methyl sites for hydroxylation is 1. The Kier molecular flexibility index (Phi) is 2.11. The maximum absolute atomic E-state index is 11.4. The molecule has 6 nitrogen and oxygen atoms in total. The van der Waals surface area contributed by atoms with E-state index >= 15 is 0 Å². The SMILES string of the molecule is Cc1cc(=O)[nH]c(N2CC(=O)CC2=O)n1. The summed E-state index contributed by atoms with van der Waals surface area (Å²) < 4.78 is 0. The first-order valence-corrected chi connectivity index (χ1v) is 4.46. The Morgan fingerprint density at radius 2 is 2.13 bits per heavy atom. The van der Waals surface area contributed by atoms with E-state index in [-0.39, 0.29) is 36.2 Å². The molecule has 0 atom stereocenters. The highest BCUT2D eigenvalue weighted by Gasteiger charge is 2.30. The first-order valence-electron chi connectivity index (χ1n) is 4.46. The Bertz CT molecular complexity index is 492. The number of H-pyrrole nitrogens is 1. The van der Waals surface area contributed by atoms with E-state index in [2.05, 4.69) is 9.97 Å². The van der Waals surface area contributed by atoms with Crippen LogP contribution in [0, 0.1) is 6.92 Å². The van der Waals surface area contributed by atoms with E-state index < -0.39 is 0 Å². The third-order valence-electron chi connectivity index (χ3n) is 2.10. The number of ketones is 1. The van der Waals surface area contributed by atoms with Gasteiger partial charge in [0, 0.05) is 11.8 Å². The Balaban J connectivity index is 2.41. The summed E-state index contributed by atoms with van der Waals surface area (Å²) in [4.78, 5) is 41.1. The van der Waals surface area contributed by atoms with Crippen LogP contribution in [0.5, 0.6) is 0 Å². The molecule has 1 aromatic heterocycles. The van der Waals surface area contributed by atoms with Crippen LogP contribution in [0.2, 0.25) is 0 Å². The second-order valence-corrected chi connectivity index (χ2v) is 3.41. The number of hydrogen-bond donors (Lipinski definition) is 1. The normalized spacial score (nSPS) is 16.2. The summed E-state index contributed by atoms with van der Waals surface area (Å²) in [5, 5.41) is 0. The molecule has 1 N–H and O–H groups in total. The highest BCUT2D eigenvalue weighted by molar-refractivity contribution is 6.14. The fourth-order valence-electron chi connectivity index (χ4n) is 1.47. The quantitative estimate of drug-likeness (QED) is 0.622. The number of aromatic amines is 1. The number of nitrogens with one attached hydrogen (secondary N) is 1. The molecule has 0 bridgehead atoms. The van der Waals surface area contributed by atoms with Gasteiger partial charge in [-0.3, -0.25) is 24.3 Å². The van der Waals surface area contributed by atoms with E-state index in [9.17, 15) is 14.4 Å². The van der Waals surface area contributed by atoms with Gasteiger partial charge in [0.1, 0.15) is 0 Å². The number of hydrogen-bond acceptors (Lipinski definition) is 4. The summed E-state index contributed by atoms with van der Waals surface area (Å²) >= 11 is 0. The van der Waals surface area contributed by atoms with Crippen molar-refractivity contribution in [2.75, 3.05) is 11.4 Å². The lowest BCUT2D eigenvalue weighted by molar-refractivity contribution is -0.121. The van der Waals surface area contributed by atoms with Crippen molar-refractivity contribution in [3.05, 3.63) is 22.1 Å². The summed E-state index contributed by atoms with van der Waals surface area (Å²) in [7, 11) is 0. The highest BCUT2D eigenvalue weighted by atomic mass is 16.2. The average Bonchev–Trinajstić information content (AvgIpc) is 2.43. The van der Waals surface area contributed by atoms with Crippen molar-refractivity contribution in [2.24, 2.45) is 0 Å². The molecule has 1 saturated heterocycles. The van der Waals surface area contributed by atoms with E-state index in [4.69, 9.17) is 0 Å². The van der Waals surface area contributed by atoms with Crippen molar-refractivity contribution < 1.29 is 9.59 Å². The lowest BCUT2D eigenvalue weighted by atomic mass is 10.3. The van der Waals surface area contributed by atoms with Crippen LogP contribution in [0.4, 0.5) is 5.95 Å². The molecule has 1 aliphatic rings. The van der Waals surface area contributed by atoms with Crippen LogP contribution >= 0.6 is 0 Å². The topological polar surface area (TPSA) is 83.1 Å². The molecule has 1 aromatic rings. The molecule has 0 saturated carbocycles. The van der Waals surface area contributed by atoms with Crippen LogP contribution in [0.1, 0.15) is 12.1 Å². The Hall–Kier alpha value is -1.98. The lowest BCUT2D eigenvalue weighted by Crippen LogP contribution is -2.29. The number of rotatable bonds is 1. The average molecular weight is 207 g/mol. The number of amides is 1. The molecule has 1 fully saturated rings. The molecule has 2 heterocycles. The maximum atomic E-state index is 11.4. The zero-order chi connectivity index (χ0) is 11.0. The summed E-state index contributed by atoms with van der Waals surface area (Å²) in [6.07, 6.45) is -0.113. The van der Waals surface area contributed by atoms with Gasteiger partial charge in [-0.05, 0) is 6.92 Å². The van der Waals surface area contributed by atoms with Gasteiger partial charge in [-0.1, -0.05) is 0 Å². The van der Waals surface area contributed by atoms with Gasteiger partial charge in [0.2, 0.25) is 11.9 Å². The minimum Gasteiger partial charge on any atom is -0.297 e. The van der Waals surface area contributed by atoms with Gasteiger partial charge in [0.15, 0.2) is 5.78 Å². The van der Waals surface area contributed by atoms with Crippen LogP contribution in [0.25, 0.3) is 0 Å². The second kappa shape index (κ2) is 3.30. The van der Waals surface area contributed by atoms with Crippen LogP contribution in [-0.2, 0) is 9.59 Å². The van der Waals surface area contributed by atoms with Gasteiger partial charge in [-0.25, -0.2) is 4.98 Å². The maximum Gasteiger partial charge on any atom is 0.252 e. The molecule has 2 rings (SSSR count). The van der Waals surface area contributed by atoms with Crippen molar-refractivity contribution in [1.82, 2.24) is 9.97 Å². The second-order valence-electron chi connectivity index (χ2n) is 3.41. The molecule has 0 unspecified atom stereocenters. The van der Waals surface area contributed by atoms with Gasteiger partial charge < -0.3 is 0 Å². The first kappa shape index (κ1) is 9.57. The van der Waals surface area contributed by atoms with Crippen molar-refractivity contribution >= 4 is 17.6 Å². The molecule has 1 amide bonds. The number of aromatic nitrogens is 2. The van der Waals surface area contributed by atoms with Crippen molar-refractivity contribution in [1.29, 1.82) is 0 Å². The first-order chi connectivity index (χ1) is 7.06. The molecule has 78 valence electrons. The molecule has 6 heteroatoms. The highest BCUT2D eigenvalue weighted by Crippen LogP contribution is 2.13. The molecule has 0 spiro atoms. The Morgan fingerprint density at radius 3 is 2.67 bits per heavy atom. The fraction of sp³-hybridized carbons (Fsp3) is 0.333. The Morgan fingerprint density at radius 1 is 1.40 bits per heavy atom. The molecular weight excluding hydrogens is 198 g/mol. The minimum absolute atomic E-state index is 0.00870. The van der Waals surface area contributed by atoms with Gasteiger partial charge in [-0.2, -0.15) is 0 Å². The van der Waals surface area contributed by atoms with Crippen LogP contribution in [-0.4, -0.2) is 28.2 Å². The van der Waals surface area contributed by atoms with E-state index in [1.54, 1.807) is 6.92 Å². The molecule has 0 radical (unpaired) electrons. The van der Waals surface area contributed by atoms with Crippen molar-refractivity contribution in [3.63, 3.8) is 0 Å². The molecule has 15 heavy (non-hydrogen) atoms. The molecular formula is C9H9N3O3. The van der Waals surface area contributed by atoms with Gasteiger partial charge in [0.25, 0.3) is 5.56 Å². The van der Waals surface area contributed by atoms with E-state index in [0.29, 0.717) is 5.69 Å². The molecule has 0 aliphatic carbocycles. The summed E-state index contributed by atoms with van der Waals surface area (Å²) in [5.41, 5.74) is 0.186. The molecule has 1 aliphatic heterocycles. The minimum atomic E-state index is -0.329. The third-order valence-corrected chi connectivity index (χ3v) is 2.10. The predicted octanol–water partition coefficient (Wildman–Crippen LogP) is -0.616. The van der Waals surface area contributed by atoms with E-state index in [1.807, 2.05) is 0 Å². The van der Waals surface area contributed by atoms with Crippen molar-refractivity contribution in [2.45, 2.75) is 13.3 Å². The number of carbonyl (C=O) groups excluding carboxylic acids is 2. The summed E-state index contributed by atoms with van der Waals surface area (Å²) in [6, 6.07) is 1.33. The zero-order valence-corrected chi connectivity index (χ0v) is 8.11. The predicted molar refractivity (Wildman–Crippen MR) is 51.6 cm³/mol. The largest absolute Gasteiger partial charge is 0.297 e. The smallest absolute Gasteiger partial charge is 0.252 e. The zero-order valence-electron chi connectivity index (χ0n) is 8.11. The van der Waals surface area contributed by atoms with Crippen molar-refractivity contribution in [3.8, 4) is 0 Å². The fourth-order valence-corrected chi connectivity index (χ4v) is 1.47. The monoisotopic (exact) mass is 207 g/mol. The summed E-state index contributed by atoms with van der Waals surface area (Å²) in [5.74, 6) is -0.339. The standard InChI is InChI=1S/C9H9N3O3/c1-5-2-7(14)11-9(10-5)12-4-6(13)3-8(12)15/h2H,3-4H2,1H3,(H,10,11,14). The van der Waals surface area contributed by atoms with Gasteiger partial charge in [0.05, 0.1) is 13.0 Å². The van der Waals surface area contributed by atoms with Gasteiger partial charge in [-0.15, -0.1) is 0 Å². The van der Waals surface area contributed by atoms with Crippen LogP contribution in [0.3, 0.4) is 0 Å². The van der Waals surface area contributed by atoms with Crippen LogP contribution < -0.4 is 10.5 Å².